The second kappa shape index (κ2) is 6.22. The van der Waals surface area contributed by atoms with Crippen molar-refractivity contribution in [2.75, 3.05) is 13.1 Å². The average molecular weight is 337 g/mol. The van der Waals surface area contributed by atoms with Crippen molar-refractivity contribution in [3.8, 4) is 0 Å². The van der Waals surface area contributed by atoms with Crippen LogP contribution in [-0.2, 0) is 15.8 Å². The van der Waals surface area contributed by atoms with Crippen molar-refractivity contribution in [3.63, 3.8) is 0 Å². The molecular formula is C16H23N3O3S. The summed E-state index contributed by atoms with van der Waals surface area (Å²) in [6.45, 7) is 5.67. The fraction of sp³-hybridized carbons (Fsp3) is 0.562. The zero-order valence-electron chi connectivity index (χ0n) is 13.5. The monoisotopic (exact) mass is 337 g/mol. The summed E-state index contributed by atoms with van der Waals surface area (Å²) in [5.41, 5.74) is 1.14. The molecule has 0 saturated carbocycles. The predicted octanol–water partition coefficient (Wildman–Crippen LogP) is 2.03. The van der Waals surface area contributed by atoms with Crippen LogP contribution in [0.2, 0.25) is 0 Å². The van der Waals surface area contributed by atoms with Crippen molar-refractivity contribution in [2.24, 2.45) is 5.41 Å². The van der Waals surface area contributed by atoms with Gasteiger partial charge in [-0.3, -0.25) is 0 Å². The highest BCUT2D eigenvalue weighted by Gasteiger charge is 2.32. The van der Waals surface area contributed by atoms with Crippen molar-refractivity contribution in [3.05, 3.63) is 30.0 Å². The van der Waals surface area contributed by atoms with Gasteiger partial charge in [0.2, 0.25) is 10.0 Å². The zero-order chi connectivity index (χ0) is 16.5. The first kappa shape index (κ1) is 16.4. The molecule has 2 heterocycles. The SMILES string of the molecule is CC1(C)CCCNC1CNS(=O)(=O)Cc1noc2ccccc12. The summed E-state index contributed by atoms with van der Waals surface area (Å²) in [5, 5.41) is 8.05. The van der Waals surface area contributed by atoms with E-state index < -0.39 is 10.0 Å². The standard InChI is InChI=1S/C16H23N3O3S/c1-16(2)8-5-9-17-15(16)10-18-23(20,21)11-13-12-6-3-4-7-14(12)22-19-13/h3-4,6-7,15,17-18H,5,8-11H2,1-2H3. The smallest absolute Gasteiger partial charge is 0.217 e. The second-order valence-electron chi connectivity index (χ2n) is 6.83. The van der Waals surface area contributed by atoms with Crippen LogP contribution in [0.5, 0.6) is 0 Å². The lowest BCUT2D eigenvalue weighted by Gasteiger charge is -2.39. The molecule has 1 aliphatic rings. The zero-order valence-corrected chi connectivity index (χ0v) is 14.3. The minimum absolute atomic E-state index is 0.0847. The van der Waals surface area contributed by atoms with Gasteiger partial charge in [0.15, 0.2) is 5.58 Å². The molecule has 3 rings (SSSR count). The first-order valence-corrected chi connectivity index (χ1v) is 9.57. The highest BCUT2D eigenvalue weighted by atomic mass is 32.2. The molecule has 0 amide bonds. The molecule has 126 valence electrons. The number of fused-ring (bicyclic) bond motifs is 1. The molecule has 2 N–H and O–H groups in total. The largest absolute Gasteiger partial charge is 0.356 e. The number of nitrogens with zero attached hydrogens (tertiary/aromatic N) is 1. The summed E-state index contributed by atoms with van der Waals surface area (Å²) < 4.78 is 32.6. The molecule has 1 aliphatic heterocycles. The lowest BCUT2D eigenvalue weighted by Crippen LogP contribution is -2.52. The number of benzene rings is 1. The molecule has 1 aromatic heterocycles. The number of piperidine rings is 1. The van der Waals surface area contributed by atoms with E-state index in [4.69, 9.17) is 4.52 Å². The fourth-order valence-electron chi connectivity index (χ4n) is 3.10. The molecule has 2 aromatic rings. The highest BCUT2D eigenvalue weighted by molar-refractivity contribution is 7.88. The third kappa shape index (κ3) is 3.73. The van der Waals surface area contributed by atoms with Crippen LogP contribution in [0.4, 0.5) is 0 Å². The van der Waals surface area contributed by atoms with E-state index in [2.05, 4.69) is 29.0 Å². The van der Waals surface area contributed by atoms with Crippen LogP contribution in [0.1, 0.15) is 32.4 Å². The normalized spacial score (nSPS) is 21.6. The molecule has 1 fully saturated rings. The number of sulfonamides is 1. The Kier molecular flexibility index (Phi) is 4.44. The Balaban J connectivity index is 1.67. The third-order valence-corrected chi connectivity index (χ3v) is 5.88. The number of hydrogen-bond acceptors (Lipinski definition) is 5. The van der Waals surface area contributed by atoms with E-state index in [9.17, 15) is 8.42 Å². The van der Waals surface area contributed by atoms with Crippen molar-refractivity contribution in [1.29, 1.82) is 0 Å². The van der Waals surface area contributed by atoms with Crippen molar-refractivity contribution < 1.29 is 12.9 Å². The minimum atomic E-state index is -3.46. The minimum Gasteiger partial charge on any atom is -0.356 e. The molecule has 0 radical (unpaired) electrons. The molecule has 1 aromatic carbocycles. The predicted molar refractivity (Wildman–Crippen MR) is 89.4 cm³/mol. The summed E-state index contributed by atoms with van der Waals surface area (Å²) in [6, 6.07) is 7.42. The molecule has 6 nitrogen and oxygen atoms in total. The first-order valence-electron chi connectivity index (χ1n) is 7.91. The van der Waals surface area contributed by atoms with Gasteiger partial charge in [0.1, 0.15) is 11.4 Å². The molecule has 1 saturated heterocycles. The van der Waals surface area contributed by atoms with Crippen LogP contribution in [0.3, 0.4) is 0 Å². The van der Waals surface area contributed by atoms with E-state index in [1.807, 2.05) is 18.2 Å². The number of aromatic nitrogens is 1. The first-order chi connectivity index (χ1) is 10.9. The Morgan fingerprint density at radius 1 is 1.39 bits per heavy atom. The van der Waals surface area contributed by atoms with Crippen LogP contribution >= 0.6 is 0 Å². The molecule has 23 heavy (non-hydrogen) atoms. The van der Waals surface area contributed by atoms with Gasteiger partial charge in [0.05, 0.1) is 0 Å². The molecule has 0 spiro atoms. The molecule has 7 heteroatoms. The van der Waals surface area contributed by atoms with Crippen LogP contribution < -0.4 is 10.0 Å². The topological polar surface area (TPSA) is 84.2 Å². The van der Waals surface area contributed by atoms with E-state index in [0.29, 0.717) is 17.8 Å². The number of rotatable bonds is 5. The van der Waals surface area contributed by atoms with E-state index in [-0.39, 0.29) is 17.2 Å². The lowest BCUT2D eigenvalue weighted by molar-refractivity contribution is 0.181. The summed E-state index contributed by atoms with van der Waals surface area (Å²) in [7, 11) is -3.46. The van der Waals surface area contributed by atoms with Gasteiger partial charge in [-0.25, -0.2) is 13.1 Å². The molecule has 1 atom stereocenters. The molecular weight excluding hydrogens is 314 g/mol. The lowest BCUT2D eigenvalue weighted by atomic mass is 9.78. The van der Waals surface area contributed by atoms with Gasteiger partial charge >= 0.3 is 0 Å². The Morgan fingerprint density at radius 3 is 2.96 bits per heavy atom. The number of hydrogen-bond donors (Lipinski definition) is 2. The van der Waals surface area contributed by atoms with Gasteiger partial charge in [-0.05, 0) is 36.9 Å². The van der Waals surface area contributed by atoms with E-state index >= 15 is 0 Å². The average Bonchev–Trinajstić information content (AvgIpc) is 2.88. The summed E-state index contributed by atoms with van der Waals surface area (Å²) in [6.07, 6.45) is 2.22. The second-order valence-corrected chi connectivity index (χ2v) is 8.64. The van der Waals surface area contributed by atoms with Gasteiger partial charge in [0, 0.05) is 18.0 Å². The van der Waals surface area contributed by atoms with Crippen LogP contribution in [0, 0.1) is 5.41 Å². The summed E-state index contributed by atoms with van der Waals surface area (Å²) in [4.78, 5) is 0. The van der Waals surface area contributed by atoms with E-state index in [1.165, 1.54) is 0 Å². The number of para-hydroxylation sites is 1. The Labute approximate surface area is 136 Å². The highest BCUT2D eigenvalue weighted by Crippen LogP contribution is 2.29. The molecule has 1 unspecified atom stereocenters. The molecule has 0 bridgehead atoms. The van der Waals surface area contributed by atoms with Crippen molar-refractivity contribution in [1.82, 2.24) is 15.2 Å². The Bertz CT molecular complexity index is 783. The summed E-state index contributed by atoms with van der Waals surface area (Å²) >= 11 is 0. The summed E-state index contributed by atoms with van der Waals surface area (Å²) in [5.74, 6) is -0.169. The maximum atomic E-state index is 12.4. The van der Waals surface area contributed by atoms with E-state index in [0.717, 1.165) is 24.8 Å². The third-order valence-electron chi connectivity index (χ3n) is 4.62. The maximum absolute atomic E-state index is 12.4. The fourth-order valence-corrected chi connectivity index (χ4v) is 4.19. The molecule has 0 aliphatic carbocycles. The van der Waals surface area contributed by atoms with Gasteiger partial charge < -0.3 is 9.84 Å². The Hall–Kier alpha value is -1.44. The van der Waals surface area contributed by atoms with E-state index in [1.54, 1.807) is 6.07 Å². The van der Waals surface area contributed by atoms with Gasteiger partial charge in [-0.2, -0.15) is 0 Å². The van der Waals surface area contributed by atoms with Gasteiger partial charge in [-0.15, -0.1) is 0 Å². The van der Waals surface area contributed by atoms with Crippen LogP contribution in [0.25, 0.3) is 11.0 Å². The van der Waals surface area contributed by atoms with Crippen molar-refractivity contribution >= 4 is 21.0 Å². The van der Waals surface area contributed by atoms with Gasteiger partial charge in [0.25, 0.3) is 0 Å². The van der Waals surface area contributed by atoms with Gasteiger partial charge in [-0.1, -0.05) is 31.1 Å². The number of nitrogens with one attached hydrogen (secondary N) is 2. The van der Waals surface area contributed by atoms with Crippen LogP contribution in [0.15, 0.2) is 28.8 Å². The van der Waals surface area contributed by atoms with Crippen molar-refractivity contribution in [2.45, 2.75) is 38.5 Å². The maximum Gasteiger partial charge on any atom is 0.217 e. The quantitative estimate of drug-likeness (QED) is 0.872. The Morgan fingerprint density at radius 2 is 2.17 bits per heavy atom. The van der Waals surface area contributed by atoms with Crippen LogP contribution in [-0.4, -0.2) is 32.7 Å².